The number of aromatic nitrogens is 1. The lowest BCUT2D eigenvalue weighted by Gasteiger charge is -2.14. The molecule has 3 nitrogen and oxygen atoms in total. The molecule has 0 bridgehead atoms. The number of nitriles is 2. The van der Waals surface area contributed by atoms with Crippen molar-refractivity contribution in [1.82, 2.24) is 4.57 Å². The van der Waals surface area contributed by atoms with Gasteiger partial charge in [-0.1, -0.05) is 97.1 Å². The third kappa shape index (κ3) is 4.32. The van der Waals surface area contributed by atoms with Crippen molar-refractivity contribution in [2.24, 2.45) is 0 Å². The number of hydrogen-bond acceptors (Lipinski definition) is 3. The van der Waals surface area contributed by atoms with Crippen molar-refractivity contribution in [1.29, 1.82) is 10.5 Å². The summed E-state index contributed by atoms with van der Waals surface area (Å²) in [5.74, 6) is 0. The fraction of sp³-hybridized carbons (Fsp3) is 0. The minimum absolute atomic E-state index is 0.493. The summed E-state index contributed by atoms with van der Waals surface area (Å²) < 4.78 is 4.57. The molecule has 0 radical (unpaired) electrons. The normalized spacial score (nSPS) is 11.3. The Balaban J connectivity index is 1.40. The van der Waals surface area contributed by atoms with E-state index < -0.39 is 0 Å². The Morgan fingerprint density at radius 3 is 1.60 bits per heavy atom. The van der Waals surface area contributed by atoms with Gasteiger partial charge in [0, 0.05) is 47.8 Å². The lowest BCUT2D eigenvalue weighted by molar-refractivity contribution is 1.19. The van der Waals surface area contributed by atoms with E-state index in [0.29, 0.717) is 16.7 Å². The van der Waals surface area contributed by atoms with Crippen LogP contribution in [0.15, 0.2) is 152 Å². The van der Waals surface area contributed by atoms with Crippen LogP contribution in [0.5, 0.6) is 0 Å². The molecule has 0 atom stereocenters. The van der Waals surface area contributed by atoms with Gasteiger partial charge in [-0.05, 0) is 76.9 Å². The first-order chi connectivity index (χ1) is 23.7. The predicted octanol–water partition coefficient (Wildman–Crippen LogP) is 11.9. The molecule has 0 saturated carbocycles. The molecule has 0 N–H and O–H groups in total. The van der Waals surface area contributed by atoms with E-state index in [-0.39, 0.29) is 0 Å². The number of rotatable bonds is 4. The van der Waals surface area contributed by atoms with Gasteiger partial charge < -0.3 is 4.57 Å². The van der Waals surface area contributed by atoms with Crippen molar-refractivity contribution < 1.29 is 0 Å². The van der Waals surface area contributed by atoms with Crippen LogP contribution in [0.3, 0.4) is 0 Å². The number of nitrogens with zero attached hydrogens (tertiary/aromatic N) is 3. The Labute approximate surface area is 281 Å². The summed E-state index contributed by atoms with van der Waals surface area (Å²) in [4.78, 5) is 0. The van der Waals surface area contributed by atoms with E-state index in [1.807, 2.05) is 12.1 Å². The minimum atomic E-state index is 0.493. The second-order valence-corrected chi connectivity index (χ2v) is 13.0. The lowest BCUT2D eigenvalue weighted by atomic mass is 9.93. The lowest BCUT2D eigenvalue weighted by Crippen LogP contribution is -1.97. The van der Waals surface area contributed by atoms with Crippen LogP contribution < -0.4 is 0 Å². The number of fused-ring (bicyclic) bond motifs is 6. The highest BCUT2D eigenvalue weighted by Crippen LogP contribution is 2.45. The Morgan fingerprint density at radius 2 is 1.02 bits per heavy atom. The maximum absolute atomic E-state index is 10.2. The van der Waals surface area contributed by atoms with Crippen LogP contribution in [0.1, 0.15) is 11.1 Å². The maximum Gasteiger partial charge on any atom is 0.0998 e. The van der Waals surface area contributed by atoms with Gasteiger partial charge in [0.05, 0.1) is 34.3 Å². The molecule has 0 fully saturated rings. The molecule has 0 aliphatic carbocycles. The molecule has 2 heterocycles. The highest BCUT2D eigenvalue weighted by molar-refractivity contribution is 7.26. The van der Waals surface area contributed by atoms with Crippen LogP contribution in [0.25, 0.3) is 81.0 Å². The summed E-state index contributed by atoms with van der Waals surface area (Å²) in [5, 5.41) is 25.0. The Hall–Kier alpha value is -6.46. The van der Waals surface area contributed by atoms with E-state index in [0.717, 1.165) is 59.7 Å². The highest BCUT2D eigenvalue weighted by atomic mass is 32.1. The standard InChI is InChI=1S/C44H25N3S/c45-26-32-14-9-15-33(27-46)43(32)39-25-34(24-38-35-16-7-8-17-42(35)48-44(38)39)47-40-20-18-30(28-10-3-1-4-11-28)22-36(40)37-23-31(19-21-41(37)47)29-12-5-2-6-13-29/h1-25H. The monoisotopic (exact) mass is 627 g/mol. The molecular formula is C44H25N3S. The molecule has 4 heteroatoms. The summed E-state index contributed by atoms with van der Waals surface area (Å²) in [6.07, 6.45) is 0. The Morgan fingerprint density at radius 1 is 0.458 bits per heavy atom. The quantitative estimate of drug-likeness (QED) is 0.195. The van der Waals surface area contributed by atoms with Crippen molar-refractivity contribution in [3.63, 3.8) is 0 Å². The number of benzene rings is 7. The van der Waals surface area contributed by atoms with Crippen molar-refractivity contribution in [3.8, 4) is 51.2 Å². The highest BCUT2D eigenvalue weighted by Gasteiger charge is 2.21. The third-order valence-corrected chi connectivity index (χ3v) is 10.5. The molecule has 0 aliphatic rings. The average Bonchev–Trinajstić information content (AvgIpc) is 3.70. The molecule has 0 unspecified atom stereocenters. The first kappa shape index (κ1) is 27.8. The van der Waals surface area contributed by atoms with Gasteiger partial charge in [-0.25, -0.2) is 0 Å². The molecule has 48 heavy (non-hydrogen) atoms. The maximum atomic E-state index is 10.2. The van der Waals surface area contributed by atoms with Crippen molar-refractivity contribution >= 4 is 53.3 Å². The molecule has 0 amide bonds. The topological polar surface area (TPSA) is 52.5 Å². The minimum Gasteiger partial charge on any atom is -0.309 e. The van der Waals surface area contributed by atoms with Gasteiger partial charge in [-0.15, -0.1) is 11.3 Å². The summed E-state index contributed by atoms with van der Waals surface area (Å²) in [7, 11) is 0. The van der Waals surface area contributed by atoms with Gasteiger partial charge in [-0.3, -0.25) is 0 Å². The fourth-order valence-corrected chi connectivity index (χ4v) is 8.28. The zero-order valence-electron chi connectivity index (χ0n) is 25.7. The zero-order valence-corrected chi connectivity index (χ0v) is 26.5. The van der Waals surface area contributed by atoms with Crippen LogP contribution in [0, 0.1) is 22.7 Å². The molecular weight excluding hydrogens is 603 g/mol. The molecule has 0 saturated heterocycles. The van der Waals surface area contributed by atoms with Crippen LogP contribution in [-0.4, -0.2) is 4.57 Å². The van der Waals surface area contributed by atoms with E-state index in [1.165, 1.54) is 15.8 Å². The van der Waals surface area contributed by atoms with Gasteiger partial charge in [0.15, 0.2) is 0 Å². The second kappa shape index (κ2) is 11.1. The van der Waals surface area contributed by atoms with E-state index >= 15 is 0 Å². The molecule has 222 valence electrons. The van der Waals surface area contributed by atoms with Crippen molar-refractivity contribution in [2.45, 2.75) is 0 Å². The fourth-order valence-electron chi connectivity index (χ4n) is 7.08. The summed E-state index contributed by atoms with van der Waals surface area (Å²) in [6.45, 7) is 0. The van der Waals surface area contributed by atoms with Crippen LogP contribution in [-0.2, 0) is 0 Å². The van der Waals surface area contributed by atoms with Crippen LogP contribution in [0.2, 0.25) is 0 Å². The molecule has 9 aromatic rings. The first-order valence-electron chi connectivity index (χ1n) is 15.8. The van der Waals surface area contributed by atoms with Crippen LogP contribution >= 0.6 is 11.3 Å². The Kier molecular flexibility index (Phi) is 6.44. The average molecular weight is 628 g/mol. The summed E-state index contributed by atoms with van der Waals surface area (Å²) in [5.41, 5.74) is 10.4. The second-order valence-electron chi connectivity index (χ2n) is 12.0. The van der Waals surface area contributed by atoms with E-state index in [9.17, 15) is 10.5 Å². The zero-order chi connectivity index (χ0) is 32.2. The number of hydrogen-bond donors (Lipinski definition) is 0. The van der Waals surface area contributed by atoms with E-state index in [1.54, 1.807) is 29.5 Å². The summed E-state index contributed by atoms with van der Waals surface area (Å²) in [6, 6.07) is 57.4. The largest absolute Gasteiger partial charge is 0.309 e. The molecule has 0 aliphatic heterocycles. The SMILES string of the molecule is N#Cc1cccc(C#N)c1-c1cc(-n2c3ccc(-c4ccccc4)cc3c3cc(-c4ccccc4)ccc32)cc2c1sc1ccccc12. The van der Waals surface area contributed by atoms with Gasteiger partial charge in [0.2, 0.25) is 0 Å². The van der Waals surface area contributed by atoms with Gasteiger partial charge >= 0.3 is 0 Å². The van der Waals surface area contributed by atoms with Gasteiger partial charge in [0.1, 0.15) is 0 Å². The van der Waals surface area contributed by atoms with Crippen molar-refractivity contribution in [2.75, 3.05) is 0 Å². The van der Waals surface area contributed by atoms with E-state index in [4.69, 9.17) is 0 Å². The molecule has 7 aromatic carbocycles. The van der Waals surface area contributed by atoms with E-state index in [2.05, 4.69) is 138 Å². The van der Waals surface area contributed by atoms with Gasteiger partial charge in [0.25, 0.3) is 0 Å². The van der Waals surface area contributed by atoms with Crippen molar-refractivity contribution in [3.05, 3.63) is 163 Å². The first-order valence-corrected chi connectivity index (χ1v) is 16.6. The summed E-state index contributed by atoms with van der Waals surface area (Å²) >= 11 is 1.71. The molecule has 2 aromatic heterocycles. The smallest absolute Gasteiger partial charge is 0.0998 e. The third-order valence-electron chi connectivity index (χ3n) is 9.28. The number of thiophene rings is 1. The Bertz CT molecular complexity index is 2660. The predicted molar refractivity (Wildman–Crippen MR) is 199 cm³/mol. The molecule has 9 rings (SSSR count). The molecule has 0 spiro atoms. The van der Waals surface area contributed by atoms with Crippen LogP contribution in [0.4, 0.5) is 0 Å². The van der Waals surface area contributed by atoms with Gasteiger partial charge in [-0.2, -0.15) is 10.5 Å².